The SMILES string of the molecule is Nc1ccc(OCCS(=O)(=O)NC2CCSC2)cc1. The lowest BCUT2D eigenvalue weighted by Crippen LogP contribution is -2.37. The first-order valence-corrected chi connectivity index (χ1v) is 8.92. The number of ether oxygens (including phenoxy) is 1. The number of hydrogen-bond donors (Lipinski definition) is 2. The summed E-state index contributed by atoms with van der Waals surface area (Å²) in [5.74, 6) is 2.48. The molecule has 3 N–H and O–H groups in total. The molecule has 1 aromatic rings. The van der Waals surface area contributed by atoms with Crippen LogP contribution in [0.25, 0.3) is 0 Å². The zero-order valence-electron chi connectivity index (χ0n) is 10.5. The lowest BCUT2D eigenvalue weighted by atomic mass is 10.3. The van der Waals surface area contributed by atoms with Gasteiger partial charge >= 0.3 is 0 Å². The van der Waals surface area contributed by atoms with Crippen molar-refractivity contribution in [2.45, 2.75) is 12.5 Å². The summed E-state index contributed by atoms with van der Waals surface area (Å²) in [5.41, 5.74) is 6.21. The third-order valence-corrected chi connectivity index (χ3v) is 5.34. The van der Waals surface area contributed by atoms with Gasteiger partial charge in [-0.25, -0.2) is 13.1 Å². The number of nitrogens with one attached hydrogen (secondary N) is 1. The van der Waals surface area contributed by atoms with Crippen LogP contribution in [0.15, 0.2) is 24.3 Å². The van der Waals surface area contributed by atoms with Gasteiger partial charge in [0.25, 0.3) is 0 Å². The van der Waals surface area contributed by atoms with E-state index in [9.17, 15) is 8.42 Å². The average molecular weight is 302 g/mol. The van der Waals surface area contributed by atoms with Crippen molar-refractivity contribution in [3.05, 3.63) is 24.3 Å². The maximum atomic E-state index is 11.8. The van der Waals surface area contributed by atoms with Crippen LogP contribution in [-0.2, 0) is 10.0 Å². The Morgan fingerprint density at radius 2 is 2.11 bits per heavy atom. The van der Waals surface area contributed by atoms with Crippen molar-refractivity contribution in [1.82, 2.24) is 4.72 Å². The summed E-state index contributed by atoms with van der Waals surface area (Å²) in [4.78, 5) is 0. The monoisotopic (exact) mass is 302 g/mol. The number of benzene rings is 1. The molecule has 1 aromatic carbocycles. The molecule has 1 atom stereocenters. The molecule has 1 fully saturated rings. The van der Waals surface area contributed by atoms with E-state index in [2.05, 4.69) is 4.72 Å². The van der Waals surface area contributed by atoms with Crippen molar-refractivity contribution in [2.75, 3.05) is 29.6 Å². The fourth-order valence-electron chi connectivity index (χ4n) is 1.77. The second-order valence-corrected chi connectivity index (χ2v) is 7.44. The zero-order valence-corrected chi connectivity index (χ0v) is 12.2. The predicted octanol–water partition coefficient (Wildman–Crippen LogP) is 1.07. The topological polar surface area (TPSA) is 81.4 Å². The van der Waals surface area contributed by atoms with Crippen LogP contribution < -0.4 is 15.2 Å². The molecule has 0 aliphatic carbocycles. The maximum Gasteiger partial charge on any atom is 0.215 e. The maximum absolute atomic E-state index is 11.8. The Morgan fingerprint density at radius 1 is 1.37 bits per heavy atom. The highest BCUT2D eigenvalue weighted by Gasteiger charge is 2.21. The standard InChI is InChI=1S/C12H18N2O3S2/c13-10-1-3-12(4-2-10)17-6-8-19(15,16)14-11-5-7-18-9-11/h1-4,11,14H,5-9,13H2. The minimum absolute atomic E-state index is 0.0292. The van der Waals surface area contributed by atoms with Crippen LogP contribution in [0.2, 0.25) is 0 Å². The number of nitrogen functional groups attached to an aromatic ring is 1. The molecular formula is C12H18N2O3S2. The molecule has 0 saturated carbocycles. The molecule has 0 radical (unpaired) electrons. The Bertz CT molecular complexity index is 496. The van der Waals surface area contributed by atoms with Gasteiger partial charge in [-0.1, -0.05) is 0 Å². The number of nitrogens with two attached hydrogens (primary N) is 1. The van der Waals surface area contributed by atoms with E-state index in [-0.39, 0.29) is 18.4 Å². The van der Waals surface area contributed by atoms with Gasteiger partial charge in [-0.05, 0) is 36.4 Å². The second kappa shape index (κ2) is 6.49. The van der Waals surface area contributed by atoms with E-state index in [0.717, 1.165) is 17.9 Å². The molecule has 0 bridgehead atoms. The van der Waals surface area contributed by atoms with Gasteiger partial charge in [-0.2, -0.15) is 11.8 Å². The summed E-state index contributed by atoms with van der Waals surface area (Å²) >= 11 is 1.77. The molecule has 0 amide bonds. The zero-order chi connectivity index (χ0) is 13.7. The normalized spacial score (nSPS) is 19.5. The Kier molecular flexibility index (Phi) is 4.95. The molecule has 1 aliphatic rings. The Morgan fingerprint density at radius 3 is 2.74 bits per heavy atom. The molecule has 1 heterocycles. The minimum atomic E-state index is -3.26. The van der Waals surface area contributed by atoms with Crippen molar-refractivity contribution >= 4 is 27.5 Å². The smallest absolute Gasteiger partial charge is 0.215 e. The summed E-state index contributed by atoms with van der Waals surface area (Å²) in [6.07, 6.45) is 0.905. The first-order valence-electron chi connectivity index (χ1n) is 6.11. The number of anilines is 1. The van der Waals surface area contributed by atoms with E-state index in [0.29, 0.717) is 11.4 Å². The molecule has 5 nitrogen and oxygen atoms in total. The van der Waals surface area contributed by atoms with Gasteiger partial charge in [-0.15, -0.1) is 0 Å². The van der Waals surface area contributed by atoms with Crippen molar-refractivity contribution in [3.63, 3.8) is 0 Å². The highest BCUT2D eigenvalue weighted by molar-refractivity contribution is 7.99. The summed E-state index contributed by atoms with van der Waals surface area (Å²) in [6, 6.07) is 6.97. The molecule has 0 aromatic heterocycles. The van der Waals surface area contributed by atoms with Gasteiger partial charge in [0.1, 0.15) is 12.4 Å². The number of hydrogen-bond acceptors (Lipinski definition) is 5. The third-order valence-electron chi connectivity index (χ3n) is 2.78. The van der Waals surface area contributed by atoms with Crippen molar-refractivity contribution in [3.8, 4) is 5.75 Å². The Balaban J connectivity index is 1.76. The highest BCUT2D eigenvalue weighted by Crippen LogP contribution is 2.18. The van der Waals surface area contributed by atoms with Crippen LogP contribution in [-0.4, -0.2) is 38.3 Å². The average Bonchev–Trinajstić information content (AvgIpc) is 2.83. The predicted molar refractivity (Wildman–Crippen MR) is 79.0 cm³/mol. The van der Waals surface area contributed by atoms with Gasteiger partial charge in [0.15, 0.2) is 0 Å². The van der Waals surface area contributed by atoms with Crippen LogP contribution >= 0.6 is 11.8 Å². The van der Waals surface area contributed by atoms with Gasteiger partial charge in [0.2, 0.25) is 10.0 Å². The van der Waals surface area contributed by atoms with Crippen molar-refractivity contribution in [2.24, 2.45) is 0 Å². The van der Waals surface area contributed by atoms with Gasteiger partial charge in [0, 0.05) is 17.5 Å². The van der Waals surface area contributed by atoms with Crippen molar-refractivity contribution in [1.29, 1.82) is 0 Å². The molecule has 1 aliphatic heterocycles. The van der Waals surface area contributed by atoms with E-state index < -0.39 is 10.0 Å². The molecule has 1 saturated heterocycles. The molecule has 0 spiro atoms. The third kappa shape index (κ3) is 4.93. The Labute approximate surface area is 118 Å². The fraction of sp³-hybridized carbons (Fsp3) is 0.500. The Hall–Kier alpha value is -0.920. The highest BCUT2D eigenvalue weighted by atomic mass is 32.2. The van der Waals surface area contributed by atoms with E-state index in [1.165, 1.54) is 0 Å². The quantitative estimate of drug-likeness (QED) is 0.768. The van der Waals surface area contributed by atoms with Crippen LogP contribution in [0.1, 0.15) is 6.42 Å². The molecule has 19 heavy (non-hydrogen) atoms. The van der Waals surface area contributed by atoms with E-state index in [1.54, 1.807) is 36.0 Å². The van der Waals surface area contributed by atoms with Gasteiger partial charge < -0.3 is 10.5 Å². The van der Waals surface area contributed by atoms with E-state index >= 15 is 0 Å². The molecular weight excluding hydrogens is 284 g/mol. The fourth-order valence-corrected chi connectivity index (χ4v) is 4.16. The van der Waals surface area contributed by atoms with E-state index in [4.69, 9.17) is 10.5 Å². The lowest BCUT2D eigenvalue weighted by molar-refractivity contribution is 0.340. The van der Waals surface area contributed by atoms with Crippen LogP contribution in [0.4, 0.5) is 5.69 Å². The molecule has 2 rings (SSSR count). The largest absolute Gasteiger partial charge is 0.492 e. The molecule has 7 heteroatoms. The van der Waals surface area contributed by atoms with Crippen LogP contribution in [0.3, 0.4) is 0 Å². The summed E-state index contributed by atoms with van der Waals surface area (Å²) in [7, 11) is -3.26. The number of sulfonamides is 1. The van der Waals surface area contributed by atoms with Gasteiger partial charge in [0.05, 0.1) is 5.75 Å². The van der Waals surface area contributed by atoms with Gasteiger partial charge in [-0.3, -0.25) is 0 Å². The van der Waals surface area contributed by atoms with Crippen LogP contribution in [0.5, 0.6) is 5.75 Å². The summed E-state index contributed by atoms with van der Waals surface area (Å²) in [6.45, 7) is 0.138. The first-order chi connectivity index (χ1) is 9.05. The first kappa shape index (κ1) is 14.5. The summed E-state index contributed by atoms with van der Waals surface area (Å²) < 4.78 is 31.7. The molecule has 1 unspecified atom stereocenters. The second-order valence-electron chi connectivity index (χ2n) is 4.41. The van der Waals surface area contributed by atoms with E-state index in [1.807, 2.05) is 0 Å². The minimum Gasteiger partial charge on any atom is -0.492 e. The van der Waals surface area contributed by atoms with Crippen molar-refractivity contribution < 1.29 is 13.2 Å². The number of thioether (sulfide) groups is 1. The lowest BCUT2D eigenvalue weighted by Gasteiger charge is -2.12. The molecule has 106 valence electrons. The summed E-state index contributed by atoms with van der Waals surface area (Å²) in [5, 5.41) is 0. The number of rotatable bonds is 6. The van der Waals surface area contributed by atoms with Crippen LogP contribution in [0, 0.1) is 0 Å².